The van der Waals surface area contributed by atoms with Gasteiger partial charge in [0.25, 0.3) is 0 Å². The first-order valence-electron chi connectivity index (χ1n) is 16.6. The monoisotopic (exact) mass is 664 g/mol. The predicted molar refractivity (Wildman–Crippen MR) is 176 cm³/mol. The van der Waals surface area contributed by atoms with Crippen molar-refractivity contribution in [2.24, 2.45) is 11.8 Å². The molecule has 0 radical (unpaired) electrons. The van der Waals surface area contributed by atoms with E-state index in [1.807, 2.05) is 0 Å². The van der Waals surface area contributed by atoms with Gasteiger partial charge in [-0.15, -0.1) is 0 Å². The van der Waals surface area contributed by atoms with Gasteiger partial charge in [0.2, 0.25) is 23.6 Å². The largest absolute Gasteiger partial charge is 0.356 e. The molecule has 5 atom stereocenters. The predicted octanol–water partition coefficient (Wildman–Crippen LogP) is 2.46. The Bertz CT molecular complexity index is 1120. The van der Waals surface area contributed by atoms with Gasteiger partial charge in [0.05, 0.1) is 6.04 Å². The standard InChI is InChI=1S/C34H56N4O9/c1-21(11-13-23(3)39)32(45)35-19-9-8-10-28(20-26(6)42)36-34(47)30(38-33(46)22(2)12-14-24(4)40)17-18-31(44)37-29(27(7)43)16-15-25(5)41/h21-22,28-30H,8-20H2,1-7H3,(H,35,45)(H,36,47)(H,37,44)(H,38,46). The molecule has 47 heavy (non-hydrogen) atoms. The van der Waals surface area contributed by atoms with E-state index < -0.39 is 41.8 Å². The number of carbonyl (C=O) groups excluding carboxylic acids is 9. The zero-order valence-corrected chi connectivity index (χ0v) is 29.3. The highest BCUT2D eigenvalue weighted by Gasteiger charge is 2.27. The first-order chi connectivity index (χ1) is 21.9. The van der Waals surface area contributed by atoms with Crippen LogP contribution < -0.4 is 21.3 Å². The molecule has 0 bridgehead atoms. The van der Waals surface area contributed by atoms with Crippen molar-refractivity contribution in [3.8, 4) is 0 Å². The lowest BCUT2D eigenvalue weighted by molar-refractivity contribution is -0.132. The van der Waals surface area contributed by atoms with E-state index in [-0.39, 0.29) is 85.7 Å². The van der Waals surface area contributed by atoms with Gasteiger partial charge in [0, 0.05) is 56.5 Å². The molecule has 0 aliphatic rings. The number of hydrogen-bond donors (Lipinski definition) is 4. The smallest absolute Gasteiger partial charge is 0.242 e. The van der Waals surface area contributed by atoms with Crippen LogP contribution in [0.3, 0.4) is 0 Å². The second-order valence-corrected chi connectivity index (χ2v) is 12.8. The molecule has 0 saturated carbocycles. The van der Waals surface area contributed by atoms with Gasteiger partial charge in [-0.1, -0.05) is 13.8 Å². The summed E-state index contributed by atoms with van der Waals surface area (Å²) in [5, 5.41) is 10.9. The number of ketones is 5. The molecule has 0 saturated heterocycles. The average molecular weight is 665 g/mol. The van der Waals surface area contributed by atoms with Crippen LogP contribution in [-0.2, 0) is 43.2 Å². The molecule has 0 aliphatic carbocycles. The van der Waals surface area contributed by atoms with Crippen molar-refractivity contribution in [1.82, 2.24) is 21.3 Å². The Balaban J connectivity index is 5.44. The van der Waals surface area contributed by atoms with Crippen molar-refractivity contribution in [3.05, 3.63) is 0 Å². The van der Waals surface area contributed by atoms with Crippen molar-refractivity contribution in [3.63, 3.8) is 0 Å². The van der Waals surface area contributed by atoms with E-state index >= 15 is 0 Å². The van der Waals surface area contributed by atoms with Gasteiger partial charge in [0.15, 0.2) is 5.78 Å². The van der Waals surface area contributed by atoms with Crippen molar-refractivity contribution in [1.29, 1.82) is 0 Å². The summed E-state index contributed by atoms with van der Waals surface area (Å²) in [5.41, 5.74) is 0. The molecule has 13 nitrogen and oxygen atoms in total. The molecule has 0 fully saturated rings. The van der Waals surface area contributed by atoms with Crippen LogP contribution in [0.2, 0.25) is 0 Å². The number of rotatable bonds is 26. The van der Waals surface area contributed by atoms with Gasteiger partial charge >= 0.3 is 0 Å². The van der Waals surface area contributed by atoms with Crippen LogP contribution in [0.4, 0.5) is 0 Å². The average Bonchev–Trinajstić information content (AvgIpc) is 2.97. The van der Waals surface area contributed by atoms with Crippen molar-refractivity contribution in [2.75, 3.05) is 6.54 Å². The molecule has 13 heteroatoms. The topological polar surface area (TPSA) is 202 Å². The summed E-state index contributed by atoms with van der Waals surface area (Å²) in [7, 11) is 0. The van der Waals surface area contributed by atoms with Gasteiger partial charge in [-0.25, -0.2) is 0 Å². The van der Waals surface area contributed by atoms with Crippen LogP contribution in [0.5, 0.6) is 0 Å². The molecule has 0 aromatic rings. The first-order valence-corrected chi connectivity index (χ1v) is 16.6. The van der Waals surface area contributed by atoms with Crippen molar-refractivity contribution >= 4 is 52.5 Å². The lowest BCUT2D eigenvalue weighted by Crippen LogP contribution is -2.51. The van der Waals surface area contributed by atoms with E-state index in [9.17, 15) is 43.2 Å². The van der Waals surface area contributed by atoms with E-state index in [4.69, 9.17) is 0 Å². The summed E-state index contributed by atoms with van der Waals surface area (Å²) in [6.45, 7) is 10.8. The van der Waals surface area contributed by atoms with Gasteiger partial charge < -0.3 is 35.7 Å². The third-order valence-electron chi connectivity index (χ3n) is 7.82. The fraction of sp³-hybridized carbons (Fsp3) is 0.735. The molecule has 0 aromatic heterocycles. The van der Waals surface area contributed by atoms with E-state index in [1.165, 1.54) is 34.6 Å². The molecule has 4 amide bonds. The van der Waals surface area contributed by atoms with Crippen molar-refractivity contribution < 1.29 is 43.2 Å². The molecule has 0 spiro atoms. The molecule has 0 heterocycles. The molecule has 4 N–H and O–H groups in total. The summed E-state index contributed by atoms with van der Waals surface area (Å²) in [6, 6.07) is -2.54. The third-order valence-corrected chi connectivity index (χ3v) is 7.82. The van der Waals surface area contributed by atoms with Crippen LogP contribution in [0, 0.1) is 11.8 Å². The van der Waals surface area contributed by atoms with Gasteiger partial charge in [-0.2, -0.15) is 0 Å². The minimum Gasteiger partial charge on any atom is -0.356 e. The van der Waals surface area contributed by atoms with E-state index in [2.05, 4.69) is 21.3 Å². The molecule has 0 rings (SSSR count). The Kier molecular flexibility index (Phi) is 21.6. The molecular formula is C34H56N4O9. The lowest BCUT2D eigenvalue weighted by atomic mass is 10.0. The number of Topliss-reactive ketones (excluding diaryl/α,β-unsaturated/α-hetero) is 5. The molecular weight excluding hydrogens is 608 g/mol. The van der Waals surface area contributed by atoms with Gasteiger partial charge in [-0.3, -0.25) is 28.8 Å². The van der Waals surface area contributed by atoms with E-state index in [0.29, 0.717) is 38.6 Å². The number of carbonyl (C=O) groups is 9. The fourth-order valence-corrected chi connectivity index (χ4v) is 4.73. The summed E-state index contributed by atoms with van der Waals surface area (Å²) in [4.78, 5) is 109. The third kappa shape index (κ3) is 21.6. The Morgan fingerprint density at radius 2 is 1.00 bits per heavy atom. The summed E-state index contributed by atoms with van der Waals surface area (Å²) in [5.74, 6) is -3.22. The maximum Gasteiger partial charge on any atom is 0.242 e. The quantitative estimate of drug-likeness (QED) is 0.100. The number of nitrogens with one attached hydrogen (secondary N) is 4. The summed E-state index contributed by atoms with van der Waals surface area (Å²) < 4.78 is 0. The second kappa shape index (κ2) is 23.5. The van der Waals surface area contributed by atoms with Crippen LogP contribution >= 0.6 is 0 Å². The molecule has 5 unspecified atom stereocenters. The Morgan fingerprint density at radius 1 is 0.489 bits per heavy atom. The normalized spacial score (nSPS) is 14.0. The first kappa shape index (κ1) is 43.2. The van der Waals surface area contributed by atoms with Gasteiger partial charge in [0.1, 0.15) is 29.2 Å². The van der Waals surface area contributed by atoms with Crippen LogP contribution in [0.1, 0.15) is 126 Å². The van der Waals surface area contributed by atoms with Crippen molar-refractivity contribution in [2.45, 2.75) is 144 Å². The SMILES string of the molecule is CC(=O)CCC(C)C(=O)NCCCCC(CC(C)=O)NC(=O)C(CCC(=O)NC(CCC(C)=O)C(C)=O)NC(=O)C(C)CCC(C)=O. The zero-order valence-electron chi connectivity index (χ0n) is 29.3. The molecule has 0 aliphatic heterocycles. The fourth-order valence-electron chi connectivity index (χ4n) is 4.73. The summed E-state index contributed by atoms with van der Waals surface area (Å²) >= 11 is 0. The minimum absolute atomic E-state index is 0.0264. The number of unbranched alkanes of at least 4 members (excludes halogenated alkanes) is 1. The minimum atomic E-state index is -1.13. The maximum absolute atomic E-state index is 13.4. The van der Waals surface area contributed by atoms with Crippen LogP contribution in [0.25, 0.3) is 0 Å². The Morgan fingerprint density at radius 3 is 1.51 bits per heavy atom. The lowest BCUT2D eigenvalue weighted by Gasteiger charge is -2.24. The Labute approximate surface area is 278 Å². The number of hydrogen-bond acceptors (Lipinski definition) is 9. The van der Waals surface area contributed by atoms with Gasteiger partial charge in [-0.05, 0) is 79.6 Å². The summed E-state index contributed by atoms with van der Waals surface area (Å²) in [6.07, 6.45) is 2.90. The Hall–Kier alpha value is -3.77. The van der Waals surface area contributed by atoms with Crippen LogP contribution in [-0.4, -0.2) is 77.2 Å². The number of amides is 4. The maximum atomic E-state index is 13.4. The highest BCUT2D eigenvalue weighted by Crippen LogP contribution is 2.12. The molecule has 266 valence electrons. The van der Waals surface area contributed by atoms with E-state index in [1.54, 1.807) is 13.8 Å². The van der Waals surface area contributed by atoms with E-state index in [0.717, 1.165) is 0 Å². The highest BCUT2D eigenvalue weighted by atomic mass is 16.2. The second-order valence-electron chi connectivity index (χ2n) is 12.8. The molecule has 0 aromatic carbocycles. The zero-order chi connectivity index (χ0) is 36.1. The van der Waals surface area contributed by atoms with Crippen LogP contribution in [0.15, 0.2) is 0 Å². The highest BCUT2D eigenvalue weighted by molar-refractivity contribution is 5.91.